The van der Waals surface area contributed by atoms with Gasteiger partial charge in [0.25, 0.3) is 10.1 Å². The number of carbonyl (C=O) groups is 1. The second-order valence-electron chi connectivity index (χ2n) is 11.7. The summed E-state index contributed by atoms with van der Waals surface area (Å²) in [6.07, 6.45) is -1.08. The van der Waals surface area contributed by atoms with Crippen molar-refractivity contribution in [3.8, 4) is 0 Å². The van der Waals surface area contributed by atoms with Gasteiger partial charge in [-0.15, -0.1) is 0 Å². The van der Waals surface area contributed by atoms with Gasteiger partial charge in [0.1, 0.15) is 0 Å². The molecule has 4 aliphatic rings. The Labute approximate surface area is 235 Å². The van der Waals surface area contributed by atoms with Crippen LogP contribution in [0.1, 0.15) is 98.2 Å². The first-order chi connectivity index (χ1) is 17.3. The largest absolute Gasteiger partial charge is 0.393 e. The third-order valence-electron chi connectivity index (χ3n) is 10.1. The first-order valence-corrected chi connectivity index (χ1v) is 14.3. The van der Waals surface area contributed by atoms with E-state index in [2.05, 4.69) is 19.2 Å². The Balaban J connectivity index is 0.00000420. The van der Waals surface area contributed by atoms with E-state index in [-0.39, 0.29) is 59.8 Å². The molecule has 0 aromatic carbocycles. The van der Waals surface area contributed by atoms with Crippen LogP contribution in [0, 0.1) is 46.3 Å². The summed E-state index contributed by atoms with van der Waals surface area (Å²) in [7, 11) is -4.10. The van der Waals surface area contributed by atoms with Crippen molar-refractivity contribution in [3.63, 3.8) is 0 Å². The van der Waals surface area contributed by atoms with Crippen molar-refractivity contribution in [2.45, 2.75) is 97.4 Å². The smallest absolute Gasteiger partial charge is 0.266 e. The molecule has 9 atom stereocenters. The van der Waals surface area contributed by atoms with Gasteiger partial charge in [0.2, 0.25) is 5.91 Å². The van der Waals surface area contributed by atoms with Gasteiger partial charge in [0.15, 0.2) is 0 Å². The van der Waals surface area contributed by atoms with Gasteiger partial charge in [-0.05, 0) is 110 Å². The zero-order valence-electron chi connectivity index (χ0n) is 26.3. The average molecular weight is 512 g/mol. The molecule has 0 aromatic heterocycles. The summed E-state index contributed by atoms with van der Waals surface area (Å²) in [6.45, 7) is 6.46. The number of fused-ring (bicyclic) bond motifs is 5. The molecule has 0 aromatic rings. The number of carbonyl (C=O) groups excluding carboxylic acids is 1. The van der Waals surface area contributed by atoms with E-state index in [4.69, 9.17) is 11.4 Å². The Morgan fingerprint density at radius 1 is 1.15 bits per heavy atom. The quantitative estimate of drug-likeness (QED) is 0.353. The molecule has 191 valence electrons. The number of hydrogen-bond acceptors (Lipinski definition) is 4. The third kappa shape index (κ3) is 5.75. The topological polar surface area (TPSA) is 104 Å². The van der Waals surface area contributed by atoms with E-state index in [1.54, 1.807) is 0 Å². The van der Waals surface area contributed by atoms with Crippen molar-refractivity contribution >= 4 is 45.6 Å². The summed E-state index contributed by atoms with van der Waals surface area (Å²) in [5.74, 6) is 0.437. The summed E-state index contributed by atoms with van der Waals surface area (Å²) in [5.41, 5.74) is -0.525. The van der Waals surface area contributed by atoms with Gasteiger partial charge in [-0.25, -0.2) is 0 Å². The van der Waals surface area contributed by atoms with Crippen LogP contribution in [0.3, 0.4) is 0 Å². The zero-order valence-corrected chi connectivity index (χ0v) is 24.1. The predicted molar refractivity (Wildman–Crippen MR) is 135 cm³/mol. The SMILES string of the molecule is [2H]C1([2H])C[C@@]2(C)[C@H](CC[C@@H]3[C@@H]2CC[C@]2(C)[C@@H]([C@H](C)CCC(=O)NCCS(=O)(=O)O)CC[C@@H]32)C([2H])([2H])[C@]1([2H])O.[Na]. The fourth-order valence-corrected chi connectivity index (χ4v) is 8.74. The Bertz CT molecular complexity index is 1050. The van der Waals surface area contributed by atoms with Crippen LogP contribution < -0.4 is 5.32 Å². The standard InChI is InChI=1S/C26H45NO5S.Na/c1-17(4-9-24(29)27-14-15-33(30,31)32)21-7-8-22-20-6-5-18-16-19(28)10-12-25(18,2)23(20)11-13-26(21,22)3;/h17-23,28H,4-16H2,1-3H3,(H,27,29)(H,30,31,32);/t17-,18-,19-,20+,21-,22+,23+,25+,26-;/m1./s1/i10D2,16D2,19D;. The molecule has 4 saturated carbocycles. The van der Waals surface area contributed by atoms with Crippen LogP contribution in [-0.2, 0) is 14.9 Å². The number of amides is 1. The molecular weight excluding hydrogens is 461 g/mol. The summed E-state index contributed by atoms with van der Waals surface area (Å²) < 4.78 is 73.1. The summed E-state index contributed by atoms with van der Waals surface area (Å²) in [4.78, 5) is 12.2. The Kier molecular flexibility index (Phi) is 7.22. The Morgan fingerprint density at radius 3 is 2.56 bits per heavy atom. The van der Waals surface area contributed by atoms with Crippen LogP contribution in [0.2, 0.25) is 0 Å². The normalized spacial score (nSPS) is 49.8. The summed E-state index contributed by atoms with van der Waals surface area (Å²) >= 11 is 0. The molecule has 0 spiro atoms. The number of nitrogens with one attached hydrogen (secondary N) is 1. The molecule has 1 amide bonds. The van der Waals surface area contributed by atoms with Gasteiger partial charge in [-0.3, -0.25) is 9.35 Å². The van der Waals surface area contributed by atoms with Crippen LogP contribution in [0.25, 0.3) is 0 Å². The molecule has 6 nitrogen and oxygen atoms in total. The molecule has 0 aliphatic heterocycles. The molecular formula is C26H45NNaO5S. The minimum Gasteiger partial charge on any atom is -0.393 e. The minimum atomic E-state index is -4.10. The van der Waals surface area contributed by atoms with Crippen LogP contribution in [0.15, 0.2) is 0 Å². The average Bonchev–Trinajstić information content (AvgIpc) is 3.12. The molecule has 4 fully saturated rings. The molecule has 34 heavy (non-hydrogen) atoms. The van der Waals surface area contributed by atoms with E-state index < -0.39 is 46.0 Å². The third-order valence-corrected chi connectivity index (χ3v) is 10.8. The van der Waals surface area contributed by atoms with E-state index in [1.807, 2.05) is 6.92 Å². The van der Waals surface area contributed by atoms with Crippen LogP contribution in [-0.4, -0.2) is 71.9 Å². The number of rotatable bonds is 7. The van der Waals surface area contributed by atoms with Gasteiger partial charge in [0.05, 0.1) is 13.2 Å². The van der Waals surface area contributed by atoms with E-state index in [0.29, 0.717) is 42.9 Å². The second kappa shape index (κ2) is 11.0. The van der Waals surface area contributed by atoms with Crippen LogP contribution in [0.4, 0.5) is 0 Å². The van der Waals surface area contributed by atoms with Crippen molar-refractivity contribution in [1.82, 2.24) is 5.32 Å². The van der Waals surface area contributed by atoms with E-state index in [1.165, 1.54) is 0 Å². The fraction of sp³-hybridized carbons (Fsp3) is 0.962. The molecule has 3 N–H and O–H groups in total. The first-order valence-electron chi connectivity index (χ1n) is 15.2. The van der Waals surface area contributed by atoms with Gasteiger partial charge in [-0.2, -0.15) is 8.42 Å². The van der Waals surface area contributed by atoms with Crippen molar-refractivity contribution in [2.24, 2.45) is 46.3 Å². The van der Waals surface area contributed by atoms with Crippen LogP contribution in [0.5, 0.6) is 0 Å². The molecule has 0 unspecified atom stereocenters. The first kappa shape index (κ1) is 22.3. The van der Waals surface area contributed by atoms with Crippen molar-refractivity contribution < 1.29 is 29.7 Å². The molecule has 4 rings (SSSR count). The molecule has 0 saturated heterocycles. The molecule has 4 aliphatic carbocycles. The predicted octanol–water partition coefficient (Wildman–Crippen LogP) is 4.05. The zero-order chi connectivity index (χ0) is 28.5. The fourth-order valence-electron chi connectivity index (χ4n) is 8.38. The molecule has 0 heterocycles. The van der Waals surface area contributed by atoms with Gasteiger partial charge in [-0.1, -0.05) is 20.8 Å². The van der Waals surface area contributed by atoms with Crippen LogP contribution >= 0.6 is 0 Å². The van der Waals surface area contributed by atoms with E-state index >= 15 is 0 Å². The van der Waals surface area contributed by atoms with E-state index in [9.17, 15) is 18.3 Å². The molecule has 0 bridgehead atoms. The number of aliphatic hydroxyl groups is 1. The Morgan fingerprint density at radius 2 is 1.85 bits per heavy atom. The molecule has 8 heteroatoms. The summed E-state index contributed by atoms with van der Waals surface area (Å²) in [5, 5.41) is 13.3. The van der Waals surface area contributed by atoms with Gasteiger partial charge >= 0.3 is 0 Å². The maximum Gasteiger partial charge on any atom is 0.266 e. The van der Waals surface area contributed by atoms with E-state index in [0.717, 1.165) is 32.1 Å². The second-order valence-corrected chi connectivity index (χ2v) is 13.3. The maximum absolute atomic E-state index is 12.2. The minimum absolute atomic E-state index is 0. The number of hydrogen-bond donors (Lipinski definition) is 3. The maximum atomic E-state index is 12.2. The monoisotopic (exact) mass is 511 g/mol. The van der Waals surface area contributed by atoms with Gasteiger partial charge in [0, 0.05) is 48.0 Å². The summed E-state index contributed by atoms with van der Waals surface area (Å²) in [6, 6.07) is 0. The van der Waals surface area contributed by atoms with Crippen molar-refractivity contribution in [3.05, 3.63) is 0 Å². The van der Waals surface area contributed by atoms with Crippen molar-refractivity contribution in [2.75, 3.05) is 12.3 Å². The van der Waals surface area contributed by atoms with Gasteiger partial charge < -0.3 is 10.4 Å². The Hall–Kier alpha value is 0.340. The van der Waals surface area contributed by atoms with Crippen molar-refractivity contribution in [1.29, 1.82) is 0 Å². The molecule has 1 radical (unpaired) electrons.